The van der Waals surface area contributed by atoms with Crippen LogP contribution in [0.25, 0.3) is 0 Å². The molecule has 2 amide bonds. The summed E-state index contributed by atoms with van der Waals surface area (Å²) in [4.78, 5) is 30.9. The van der Waals surface area contributed by atoms with Gasteiger partial charge in [-0.3, -0.25) is 9.69 Å². The third-order valence-electron chi connectivity index (χ3n) is 7.35. The van der Waals surface area contributed by atoms with Crippen LogP contribution in [0.15, 0.2) is 0 Å². The van der Waals surface area contributed by atoms with Gasteiger partial charge in [0.05, 0.1) is 6.61 Å². The van der Waals surface area contributed by atoms with Gasteiger partial charge in [-0.25, -0.2) is 4.79 Å². The minimum Gasteiger partial charge on any atom is -0.450 e. The number of piperidine rings is 1. The van der Waals surface area contributed by atoms with Crippen molar-refractivity contribution in [1.29, 1.82) is 0 Å². The first-order valence-electron chi connectivity index (χ1n) is 10.5. The van der Waals surface area contributed by atoms with E-state index in [1.54, 1.807) is 0 Å². The normalized spacial score (nSPS) is 34.5. The fourth-order valence-corrected chi connectivity index (χ4v) is 5.85. The smallest absolute Gasteiger partial charge is 0.409 e. The van der Waals surface area contributed by atoms with Crippen LogP contribution in [-0.4, -0.2) is 78.6 Å². The van der Waals surface area contributed by atoms with Gasteiger partial charge < -0.3 is 14.5 Å². The predicted octanol–water partition coefficient (Wildman–Crippen LogP) is 2.04. The Balaban J connectivity index is 1.24. The lowest BCUT2D eigenvalue weighted by Crippen LogP contribution is -2.57. The fourth-order valence-electron chi connectivity index (χ4n) is 5.85. The number of hydrogen-bond acceptors (Lipinski definition) is 4. The zero-order chi connectivity index (χ0) is 18.5. The highest BCUT2D eigenvalue weighted by Gasteiger charge is 2.62. The summed E-state index contributed by atoms with van der Waals surface area (Å²) >= 11 is 0. The van der Waals surface area contributed by atoms with E-state index in [4.69, 9.17) is 4.74 Å². The van der Waals surface area contributed by atoms with Crippen molar-refractivity contribution < 1.29 is 14.3 Å². The van der Waals surface area contributed by atoms with E-state index < -0.39 is 0 Å². The Labute approximate surface area is 156 Å². The Morgan fingerprint density at radius 3 is 2.35 bits per heavy atom. The van der Waals surface area contributed by atoms with E-state index in [1.165, 1.54) is 19.3 Å². The van der Waals surface area contributed by atoms with Crippen molar-refractivity contribution >= 4 is 12.0 Å². The molecular formula is C20H33N3O3. The molecule has 2 saturated carbocycles. The zero-order valence-electron chi connectivity index (χ0n) is 16.4. The molecule has 0 aromatic rings. The van der Waals surface area contributed by atoms with Crippen molar-refractivity contribution in [3.05, 3.63) is 0 Å². The summed E-state index contributed by atoms with van der Waals surface area (Å²) in [7, 11) is 0. The van der Waals surface area contributed by atoms with Crippen LogP contribution in [0.1, 0.15) is 40.0 Å². The number of hydrogen-bond donors (Lipinski definition) is 0. The van der Waals surface area contributed by atoms with Gasteiger partial charge >= 0.3 is 6.09 Å². The van der Waals surface area contributed by atoms with Gasteiger partial charge in [-0.15, -0.1) is 0 Å². The van der Waals surface area contributed by atoms with Crippen LogP contribution in [0.5, 0.6) is 0 Å². The lowest BCUT2D eigenvalue weighted by Gasteiger charge is -2.47. The Hall–Kier alpha value is -1.30. The maximum absolute atomic E-state index is 12.6. The molecule has 0 radical (unpaired) electrons. The molecule has 26 heavy (non-hydrogen) atoms. The minimum atomic E-state index is -0.151. The first-order chi connectivity index (χ1) is 12.5. The van der Waals surface area contributed by atoms with Crippen molar-refractivity contribution in [2.75, 3.05) is 45.9 Å². The van der Waals surface area contributed by atoms with Crippen LogP contribution in [-0.2, 0) is 9.53 Å². The Kier molecular flexibility index (Phi) is 4.66. The fraction of sp³-hybridized carbons (Fsp3) is 0.900. The highest BCUT2D eigenvalue weighted by atomic mass is 16.6. The quantitative estimate of drug-likeness (QED) is 0.750. The Bertz CT molecular complexity index is 559. The minimum absolute atomic E-state index is 0.151. The molecule has 1 spiro atoms. The molecule has 0 N–H and O–H groups in total. The largest absolute Gasteiger partial charge is 0.450 e. The molecule has 4 fully saturated rings. The van der Waals surface area contributed by atoms with E-state index in [1.807, 2.05) is 16.7 Å². The van der Waals surface area contributed by atoms with Crippen LogP contribution in [0.3, 0.4) is 0 Å². The summed E-state index contributed by atoms with van der Waals surface area (Å²) < 4.78 is 5.11. The summed E-state index contributed by atoms with van der Waals surface area (Å²) in [6.45, 7) is 12.1. The SMILES string of the molecule is CCOC(=O)N1CC2(CCC(N3C[C@@H]4[C@H](C3)[C@@H]4C(=O)N(CC)CC)C2)C1. The van der Waals surface area contributed by atoms with Gasteiger partial charge in [-0.1, -0.05) is 0 Å². The van der Waals surface area contributed by atoms with Gasteiger partial charge in [-0.2, -0.15) is 0 Å². The van der Waals surface area contributed by atoms with E-state index in [2.05, 4.69) is 18.7 Å². The standard InChI is InChI=1S/C20H33N3O3/c1-4-21(5-2)18(24)17-15-10-22(11-16(15)17)14-7-8-20(9-14)12-23(13-20)19(25)26-6-3/h14-17H,4-13H2,1-3H3/t14?,15-,16+,17-. The molecule has 0 aromatic heterocycles. The molecule has 4 rings (SSSR count). The maximum Gasteiger partial charge on any atom is 0.409 e. The highest BCUT2D eigenvalue weighted by Crippen LogP contribution is 2.55. The maximum atomic E-state index is 12.6. The number of nitrogens with zero attached hydrogens (tertiary/aromatic N) is 3. The summed E-state index contributed by atoms with van der Waals surface area (Å²) in [6, 6.07) is 0.649. The molecule has 0 bridgehead atoms. The zero-order valence-corrected chi connectivity index (χ0v) is 16.4. The van der Waals surface area contributed by atoms with Gasteiger partial charge in [-0.05, 0) is 51.9 Å². The second-order valence-electron chi connectivity index (χ2n) is 8.77. The summed E-state index contributed by atoms with van der Waals surface area (Å²) in [6.07, 6.45) is 3.52. The lowest BCUT2D eigenvalue weighted by molar-refractivity contribution is -0.133. The number of carbonyl (C=O) groups excluding carboxylic acids is 2. The molecule has 2 aliphatic heterocycles. The first kappa shape index (κ1) is 18.1. The molecule has 1 unspecified atom stereocenters. The molecule has 6 heteroatoms. The molecule has 4 aliphatic rings. The molecule has 4 atom stereocenters. The van der Waals surface area contributed by atoms with Crippen molar-refractivity contribution in [2.45, 2.75) is 46.1 Å². The third-order valence-corrected chi connectivity index (χ3v) is 7.35. The first-order valence-corrected chi connectivity index (χ1v) is 10.5. The van der Waals surface area contributed by atoms with Crippen molar-refractivity contribution in [3.8, 4) is 0 Å². The summed E-state index contributed by atoms with van der Waals surface area (Å²) in [5.74, 6) is 1.87. The van der Waals surface area contributed by atoms with E-state index >= 15 is 0 Å². The Morgan fingerprint density at radius 2 is 1.77 bits per heavy atom. The second kappa shape index (κ2) is 6.70. The van der Waals surface area contributed by atoms with E-state index in [-0.39, 0.29) is 6.09 Å². The molecule has 2 aliphatic carbocycles. The molecule has 0 aromatic carbocycles. The van der Waals surface area contributed by atoms with Crippen LogP contribution < -0.4 is 0 Å². The van der Waals surface area contributed by atoms with Crippen molar-refractivity contribution in [3.63, 3.8) is 0 Å². The average Bonchev–Trinajstić information content (AvgIpc) is 2.97. The number of ether oxygens (including phenoxy) is 1. The van der Waals surface area contributed by atoms with Crippen LogP contribution >= 0.6 is 0 Å². The molecule has 2 heterocycles. The van der Waals surface area contributed by atoms with Crippen molar-refractivity contribution in [1.82, 2.24) is 14.7 Å². The number of amides is 2. The lowest BCUT2D eigenvalue weighted by atomic mass is 9.78. The highest BCUT2D eigenvalue weighted by molar-refractivity contribution is 5.82. The topological polar surface area (TPSA) is 53.1 Å². The van der Waals surface area contributed by atoms with Gasteiger partial charge in [0.2, 0.25) is 5.91 Å². The average molecular weight is 364 g/mol. The van der Waals surface area contributed by atoms with Gasteiger partial charge in [0.25, 0.3) is 0 Å². The van der Waals surface area contributed by atoms with Crippen molar-refractivity contribution in [2.24, 2.45) is 23.2 Å². The van der Waals surface area contributed by atoms with Gasteiger partial charge in [0.1, 0.15) is 0 Å². The third kappa shape index (κ3) is 2.90. The van der Waals surface area contributed by atoms with E-state index in [9.17, 15) is 9.59 Å². The van der Waals surface area contributed by atoms with Crippen LogP contribution in [0.2, 0.25) is 0 Å². The van der Waals surface area contributed by atoms with Gasteiger partial charge in [0.15, 0.2) is 0 Å². The predicted molar refractivity (Wildman–Crippen MR) is 98.6 cm³/mol. The molecule has 146 valence electrons. The summed E-state index contributed by atoms with van der Waals surface area (Å²) in [5, 5.41) is 0. The second-order valence-corrected chi connectivity index (χ2v) is 8.77. The number of fused-ring (bicyclic) bond motifs is 1. The van der Waals surface area contributed by atoms with Crippen LogP contribution in [0.4, 0.5) is 4.79 Å². The van der Waals surface area contributed by atoms with E-state index in [0.717, 1.165) is 39.3 Å². The van der Waals surface area contributed by atoms with Gasteiger partial charge in [0, 0.05) is 56.6 Å². The number of rotatable bonds is 5. The monoisotopic (exact) mass is 363 g/mol. The van der Waals surface area contributed by atoms with E-state index in [0.29, 0.717) is 41.7 Å². The number of carbonyl (C=O) groups is 2. The molecular weight excluding hydrogens is 330 g/mol. The Morgan fingerprint density at radius 1 is 1.12 bits per heavy atom. The molecule has 6 nitrogen and oxygen atoms in total. The molecule has 2 saturated heterocycles. The summed E-state index contributed by atoms with van der Waals surface area (Å²) in [5.41, 5.74) is 0.334. The van der Waals surface area contributed by atoms with Crippen LogP contribution in [0, 0.1) is 23.2 Å². The number of likely N-dealkylation sites (tertiary alicyclic amines) is 2.